The van der Waals surface area contributed by atoms with E-state index in [1.165, 1.54) is 12.0 Å². The molecule has 14 heavy (non-hydrogen) atoms. The van der Waals surface area contributed by atoms with E-state index in [1.54, 1.807) is 0 Å². The highest BCUT2D eigenvalue weighted by Gasteiger charge is 2.22. The van der Waals surface area contributed by atoms with Crippen molar-refractivity contribution < 1.29 is 0 Å². The summed E-state index contributed by atoms with van der Waals surface area (Å²) in [6.45, 7) is 4.56. The standard InChI is InChI=1S/C12H16ClN/c1-9-5-6-14-8-12(9)10-3-2-4-11(13)7-10/h2-4,7,9,12,14H,5-6,8H2,1H3. The van der Waals surface area contributed by atoms with Crippen LogP contribution < -0.4 is 5.32 Å². The number of hydrogen-bond acceptors (Lipinski definition) is 1. The van der Waals surface area contributed by atoms with Gasteiger partial charge in [-0.25, -0.2) is 0 Å². The number of rotatable bonds is 1. The zero-order valence-electron chi connectivity index (χ0n) is 8.46. The Kier molecular flexibility index (Phi) is 3.09. The van der Waals surface area contributed by atoms with Gasteiger partial charge in [0.1, 0.15) is 0 Å². The van der Waals surface area contributed by atoms with E-state index in [0.717, 1.165) is 24.0 Å². The predicted octanol–water partition coefficient (Wildman–Crippen LogP) is 3.05. The first-order valence-corrected chi connectivity index (χ1v) is 5.61. The monoisotopic (exact) mass is 209 g/mol. The first-order chi connectivity index (χ1) is 6.77. The molecule has 0 saturated carbocycles. The molecule has 1 aromatic rings. The fourth-order valence-corrected chi connectivity index (χ4v) is 2.37. The van der Waals surface area contributed by atoms with Crippen LogP contribution in [0.25, 0.3) is 0 Å². The Labute approximate surface area is 90.5 Å². The average molecular weight is 210 g/mol. The van der Waals surface area contributed by atoms with Crippen molar-refractivity contribution in [2.24, 2.45) is 5.92 Å². The van der Waals surface area contributed by atoms with Crippen molar-refractivity contribution >= 4 is 11.6 Å². The summed E-state index contributed by atoms with van der Waals surface area (Å²) in [6.07, 6.45) is 1.26. The van der Waals surface area contributed by atoms with E-state index in [2.05, 4.69) is 24.4 Å². The summed E-state index contributed by atoms with van der Waals surface area (Å²) in [5, 5.41) is 4.29. The molecule has 1 N–H and O–H groups in total. The second-order valence-corrected chi connectivity index (χ2v) is 4.57. The molecule has 0 amide bonds. The molecule has 1 aliphatic heterocycles. The smallest absolute Gasteiger partial charge is 0.0408 e. The van der Waals surface area contributed by atoms with E-state index in [9.17, 15) is 0 Å². The average Bonchev–Trinajstić information content (AvgIpc) is 2.18. The van der Waals surface area contributed by atoms with Crippen LogP contribution in [0.3, 0.4) is 0 Å². The van der Waals surface area contributed by atoms with Gasteiger partial charge in [0.2, 0.25) is 0 Å². The Morgan fingerprint density at radius 1 is 1.43 bits per heavy atom. The lowest BCUT2D eigenvalue weighted by molar-refractivity contribution is 0.348. The second-order valence-electron chi connectivity index (χ2n) is 4.13. The molecule has 0 aliphatic carbocycles. The third kappa shape index (κ3) is 2.10. The summed E-state index contributed by atoms with van der Waals surface area (Å²) in [5.41, 5.74) is 1.37. The Hall–Kier alpha value is -0.530. The lowest BCUT2D eigenvalue weighted by Crippen LogP contribution is -2.33. The highest BCUT2D eigenvalue weighted by molar-refractivity contribution is 6.30. The molecule has 0 radical (unpaired) electrons. The number of piperidine rings is 1. The highest BCUT2D eigenvalue weighted by Crippen LogP contribution is 2.29. The Balaban J connectivity index is 2.20. The van der Waals surface area contributed by atoms with Gasteiger partial charge in [-0.05, 0) is 42.5 Å². The quantitative estimate of drug-likeness (QED) is 0.750. The SMILES string of the molecule is CC1CCNCC1c1cccc(Cl)c1. The van der Waals surface area contributed by atoms with Crippen molar-refractivity contribution in [1.29, 1.82) is 0 Å². The van der Waals surface area contributed by atoms with Gasteiger partial charge in [0.15, 0.2) is 0 Å². The van der Waals surface area contributed by atoms with Gasteiger partial charge in [-0.3, -0.25) is 0 Å². The summed E-state index contributed by atoms with van der Waals surface area (Å²) in [4.78, 5) is 0. The van der Waals surface area contributed by atoms with Gasteiger partial charge < -0.3 is 5.32 Å². The summed E-state index contributed by atoms with van der Waals surface area (Å²) in [5.74, 6) is 1.39. The molecule has 76 valence electrons. The molecule has 1 heterocycles. The fourth-order valence-electron chi connectivity index (χ4n) is 2.17. The predicted molar refractivity (Wildman–Crippen MR) is 60.8 cm³/mol. The normalized spacial score (nSPS) is 27.6. The second kappa shape index (κ2) is 4.33. The van der Waals surface area contributed by atoms with E-state index < -0.39 is 0 Å². The minimum absolute atomic E-state index is 0.627. The molecule has 0 aromatic heterocycles. The number of nitrogens with one attached hydrogen (secondary N) is 1. The lowest BCUT2D eigenvalue weighted by Gasteiger charge is -2.29. The van der Waals surface area contributed by atoms with Gasteiger partial charge in [-0.2, -0.15) is 0 Å². The van der Waals surface area contributed by atoms with Crippen molar-refractivity contribution in [2.45, 2.75) is 19.3 Å². The molecule has 2 rings (SSSR count). The third-order valence-corrected chi connectivity index (χ3v) is 3.34. The molecule has 2 heteroatoms. The van der Waals surface area contributed by atoms with Crippen LogP contribution in [0, 0.1) is 5.92 Å². The molecule has 0 spiro atoms. The lowest BCUT2D eigenvalue weighted by atomic mass is 9.83. The summed E-state index contributed by atoms with van der Waals surface area (Å²) < 4.78 is 0. The van der Waals surface area contributed by atoms with Crippen LogP contribution in [-0.2, 0) is 0 Å². The van der Waals surface area contributed by atoms with Crippen LogP contribution in [-0.4, -0.2) is 13.1 Å². The number of benzene rings is 1. The summed E-state index contributed by atoms with van der Waals surface area (Å²) in [6, 6.07) is 8.25. The van der Waals surface area contributed by atoms with Crippen LogP contribution in [0.5, 0.6) is 0 Å². The maximum Gasteiger partial charge on any atom is 0.0408 e. The molecular weight excluding hydrogens is 194 g/mol. The minimum atomic E-state index is 0.627. The van der Waals surface area contributed by atoms with Crippen molar-refractivity contribution in [3.05, 3.63) is 34.9 Å². The molecule has 1 aromatic carbocycles. The largest absolute Gasteiger partial charge is 0.316 e. The summed E-state index contributed by atoms with van der Waals surface area (Å²) in [7, 11) is 0. The molecular formula is C12H16ClN. The van der Waals surface area contributed by atoms with Crippen molar-refractivity contribution in [3.8, 4) is 0 Å². The van der Waals surface area contributed by atoms with E-state index in [-0.39, 0.29) is 0 Å². The first-order valence-electron chi connectivity index (χ1n) is 5.23. The van der Waals surface area contributed by atoms with Gasteiger partial charge >= 0.3 is 0 Å². The third-order valence-electron chi connectivity index (χ3n) is 3.10. The van der Waals surface area contributed by atoms with Gasteiger partial charge in [0, 0.05) is 11.6 Å². The van der Waals surface area contributed by atoms with E-state index in [1.807, 2.05) is 12.1 Å². The zero-order valence-corrected chi connectivity index (χ0v) is 9.22. The van der Waals surface area contributed by atoms with Crippen LogP contribution in [0.4, 0.5) is 0 Å². The van der Waals surface area contributed by atoms with E-state index in [0.29, 0.717) is 5.92 Å². The number of hydrogen-bond donors (Lipinski definition) is 1. The Morgan fingerprint density at radius 2 is 2.29 bits per heavy atom. The minimum Gasteiger partial charge on any atom is -0.316 e. The Bertz CT molecular complexity index is 311. The molecule has 1 fully saturated rings. The maximum absolute atomic E-state index is 5.99. The maximum atomic E-state index is 5.99. The molecule has 2 unspecified atom stereocenters. The van der Waals surface area contributed by atoms with Gasteiger partial charge in [0.25, 0.3) is 0 Å². The van der Waals surface area contributed by atoms with Gasteiger partial charge in [-0.15, -0.1) is 0 Å². The topological polar surface area (TPSA) is 12.0 Å². The van der Waals surface area contributed by atoms with Crippen molar-refractivity contribution in [3.63, 3.8) is 0 Å². The molecule has 1 aliphatic rings. The van der Waals surface area contributed by atoms with Gasteiger partial charge in [-0.1, -0.05) is 30.7 Å². The van der Waals surface area contributed by atoms with Gasteiger partial charge in [0.05, 0.1) is 0 Å². The molecule has 1 saturated heterocycles. The van der Waals surface area contributed by atoms with E-state index in [4.69, 9.17) is 11.6 Å². The summed E-state index contributed by atoms with van der Waals surface area (Å²) >= 11 is 5.99. The zero-order chi connectivity index (χ0) is 9.97. The highest BCUT2D eigenvalue weighted by atomic mass is 35.5. The molecule has 1 nitrogen and oxygen atoms in total. The Morgan fingerprint density at radius 3 is 3.00 bits per heavy atom. The van der Waals surface area contributed by atoms with Crippen LogP contribution in [0.15, 0.2) is 24.3 Å². The van der Waals surface area contributed by atoms with Crippen LogP contribution in [0.2, 0.25) is 5.02 Å². The fraction of sp³-hybridized carbons (Fsp3) is 0.500. The number of halogens is 1. The molecule has 0 bridgehead atoms. The first kappa shape index (κ1) is 10.0. The van der Waals surface area contributed by atoms with E-state index >= 15 is 0 Å². The van der Waals surface area contributed by atoms with Crippen molar-refractivity contribution in [2.75, 3.05) is 13.1 Å². The molecule has 2 atom stereocenters. The van der Waals surface area contributed by atoms with Crippen molar-refractivity contribution in [1.82, 2.24) is 5.32 Å². The van der Waals surface area contributed by atoms with Crippen LogP contribution in [0.1, 0.15) is 24.8 Å². The van der Waals surface area contributed by atoms with Crippen LogP contribution >= 0.6 is 11.6 Å².